The van der Waals surface area contributed by atoms with Crippen molar-refractivity contribution < 1.29 is 19.5 Å². The molecule has 2 aromatic rings. The van der Waals surface area contributed by atoms with Gasteiger partial charge in [0.15, 0.2) is 0 Å². The first-order valence-electron chi connectivity index (χ1n) is 11.6. The number of nitrogens with zero attached hydrogens (tertiary/aromatic N) is 3. The number of hydrogen-bond acceptors (Lipinski definition) is 5. The largest absolute Gasteiger partial charge is 0.392 e. The highest BCUT2D eigenvalue weighted by atomic mass is 16.3. The Kier molecular flexibility index (Phi) is 7.00. The van der Waals surface area contributed by atoms with Gasteiger partial charge in [-0.25, -0.2) is 0 Å². The number of benzene rings is 2. The topological polar surface area (TPSA) is 93.2 Å². The number of likely N-dealkylation sites (N-methyl/N-ethyl adjacent to an activating group) is 1. The van der Waals surface area contributed by atoms with Crippen molar-refractivity contribution >= 4 is 23.4 Å². The third-order valence-corrected chi connectivity index (χ3v) is 6.62. The molecule has 2 heterocycles. The predicted molar refractivity (Wildman–Crippen MR) is 130 cm³/mol. The van der Waals surface area contributed by atoms with E-state index in [-0.39, 0.29) is 36.3 Å². The lowest BCUT2D eigenvalue weighted by molar-refractivity contribution is -0.131. The van der Waals surface area contributed by atoms with E-state index in [9.17, 15) is 19.5 Å². The van der Waals surface area contributed by atoms with Crippen molar-refractivity contribution in [3.8, 4) is 0 Å². The summed E-state index contributed by atoms with van der Waals surface area (Å²) in [5, 5.41) is 12.8. The highest BCUT2D eigenvalue weighted by Crippen LogP contribution is 2.27. The molecular weight excluding hydrogens is 432 g/mol. The van der Waals surface area contributed by atoms with Gasteiger partial charge >= 0.3 is 0 Å². The number of nitrogens with one attached hydrogen (secondary N) is 1. The summed E-state index contributed by atoms with van der Waals surface area (Å²) in [6.45, 7) is 1.90. The molecule has 2 aromatic carbocycles. The molecule has 2 N–H and O–H groups in total. The Bertz CT molecular complexity index is 1100. The molecule has 180 valence electrons. The van der Waals surface area contributed by atoms with Gasteiger partial charge < -0.3 is 20.2 Å². The summed E-state index contributed by atoms with van der Waals surface area (Å²) in [6.07, 6.45) is 0.930. The van der Waals surface area contributed by atoms with E-state index in [4.69, 9.17) is 0 Å². The standard InChI is InChI=1S/C26H32N4O4/c1-28(2)26(34)20-6-4-5-19(13-20)23(16-30-10-9-21(31)15-30)29(3)25(33)12-17-7-8-18-14-24(32)27-22(18)11-17/h4-8,11,13,21,23,31H,9-10,12,14-16H2,1-3H3,(H,27,32)/t21?,23-/m1/s1. The van der Waals surface area contributed by atoms with Gasteiger partial charge in [0.2, 0.25) is 11.8 Å². The molecule has 0 bridgehead atoms. The molecule has 4 rings (SSSR count). The van der Waals surface area contributed by atoms with E-state index in [0.717, 1.165) is 28.9 Å². The van der Waals surface area contributed by atoms with E-state index in [1.54, 1.807) is 32.1 Å². The van der Waals surface area contributed by atoms with Gasteiger partial charge in [-0.1, -0.05) is 24.3 Å². The third kappa shape index (κ3) is 5.29. The van der Waals surface area contributed by atoms with Crippen LogP contribution in [-0.4, -0.2) is 84.4 Å². The summed E-state index contributed by atoms with van der Waals surface area (Å²) in [5.41, 5.74) is 4.01. The fourth-order valence-corrected chi connectivity index (χ4v) is 4.66. The van der Waals surface area contributed by atoms with Crippen LogP contribution in [0.15, 0.2) is 42.5 Å². The average Bonchev–Trinajstić information content (AvgIpc) is 3.39. The van der Waals surface area contributed by atoms with Crippen molar-refractivity contribution in [3.63, 3.8) is 0 Å². The Morgan fingerprint density at radius 2 is 1.97 bits per heavy atom. The molecule has 1 unspecified atom stereocenters. The lowest BCUT2D eigenvalue weighted by Gasteiger charge is -2.32. The first-order chi connectivity index (χ1) is 16.2. The van der Waals surface area contributed by atoms with Crippen molar-refractivity contribution in [2.24, 2.45) is 0 Å². The molecule has 0 saturated carbocycles. The van der Waals surface area contributed by atoms with Crippen molar-refractivity contribution in [2.75, 3.05) is 46.1 Å². The number of carbonyl (C=O) groups excluding carboxylic acids is 3. The number of fused-ring (bicyclic) bond motifs is 1. The fourth-order valence-electron chi connectivity index (χ4n) is 4.66. The molecule has 1 fully saturated rings. The van der Waals surface area contributed by atoms with Crippen LogP contribution in [-0.2, 0) is 22.4 Å². The van der Waals surface area contributed by atoms with E-state index in [0.29, 0.717) is 31.5 Å². The molecule has 8 heteroatoms. The van der Waals surface area contributed by atoms with E-state index in [1.165, 1.54) is 4.90 Å². The van der Waals surface area contributed by atoms with Gasteiger partial charge in [-0.2, -0.15) is 0 Å². The Labute approximate surface area is 200 Å². The van der Waals surface area contributed by atoms with Gasteiger partial charge in [-0.3, -0.25) is 19.3 Å². The van der Waals surface area contributed by atoms with Crippen molar-refractivity contribution in [2.45, 2.75) is 31.4 Å². The maximum atomic E-state index is 13.4. The molecular formula is C26H32N4O4. The van der Waals surface area contributed by atoms with Crippen molar-refractivity contribution in [3.05, 3.63) is 64.7 Å². The number of aliphatic hydroxyl groups is 1. The first kappa shape index (κ1) is 23.9. The van der Waals surface area contributed by atoms with Gasteiger partial charge in [0.05, 0.1) is 25.0 Å². The average molecular weight is 465 g/mol. The lowest BCUT2D eigenvalue weighted by Crippen LogP contribution is -2.39. The van der Waals surface area contributed by atoms with Crippen LogP contribution in [0.25, 0.3) is 0 Å². The zero-order valence-electron chi connectivity index (χ0n) is 20.0. The zero-order valence-corrected chi connectivity index (χ0v) is 20.0. The van der Waals surface area contributed by atoms with Crippen LogP contribution in [0.5, 0.6) is 0 Å². The number of likely N-dealkylation sites (tertiary alicyclic amines) is 1. The van der Waals surface area contributed by atoms with Gasteiger partial charge in [-0.15, -0.1) is 0 Å². The second-order valence-corrected chi connectivity index (χ2v) is 9.44. The SMILES string of the molecule is CN(C)C(=O)c1cccc([C@@H](CN2CCC(O)C2)N(C)C(=O)Cc2ccc3c(c2)NC(=O)C3)c1. The van der Waals surface area contributed by atoms with Crippen LogP contribution >= 0.6 is 0 Å². The summed E-state index contributed by atoms with van der Waals surface area (Å²) in [6, 6.07) is 12.8. The summed E-state index contributed by atoms with van der Waals surface area (Å²) >= 11 is 0. The molecule has 8 nitrogen and oxygen atoms in total. The summed E-state index contributed by atoms with van der Waals surface area (Å²) in [7, 11) is 5.22. The number of hydrogen-bond donors (Lipinski definition) is 2. The summed E-state index contributed by atoms with van der Waals surface area (Å²) in [5.74, 6) is -0.180. The van der Waals surface area contributed by atoms with E-state index >= 15 is 0 Å². The van der Waals surface area contributed by atoms with Gasteiger partial charge in [0.1, 0.15) is 0 Å². The fraction of sp³-hybridized carbons (Fsp3) is 0.423. The minimum Gasteiger partial charge on any atom is -0.392 e. The molecule has 34 heavy (non-hydrogen) atoms. The highest BCUT2D eigenvalue weighted by molar-refractivity contribution is 5.99. The molecule has 2 aliphatic heterocycles. The predicted octanol–water partition coefficient (Wildman–Crippen LogP) is 1.69. The second kappa shape index (κ2) is 9.95. The van der Waals surface area contributed by atoms with Crippen LogP contribution in [0, 0.1) is 0 Å². The second-order valence-electron chi connectivity index (χ2n) is 9.44. The number of aliphatic hydroxyl groups excluding tert-OH is 1. The highest BCUT2D eigenvalue weighted by Gasteiger charge is 2.29. The minimum absolute atomic E-state index is 0.0318. The molecule has 3 amide bonds. The quantitative estimate of drug-likeness (QED) is 0.651. The zero-order chi connectivity index (χ0) is 24.4. The first-order valence-corrected chi connectivity index (χ1v) is 11.6. The smallest absolute Gasteiger partial charge is 0.253 e. The maximum Gasteiger partial charge on any atom is 0.253 e. The lowest BCUT2D eigenvalue weighted by atomic mass is 10.0. The molecule has 2 atom stereocenters. The van der Waals surface area contributed by atoms with E-state index in [2.05, 4.69) is 10.2 Å². The number of β-amino-alcohol motifs (C(OH)–C–C–N with tert-alkyl or cyclic N) is 1. The van der Waals surface area contributed by atoms with Crippen LogP contribution in [0.4, 0.5) is 5.69 Å². The Morgan fingerprint density at radius 1 is 1.18 bits per heavy atom. The third-order valence-electron chi connectivity index (χ3n) is 6.62. The Morgan fingerprint density at radius 3 is 2.68 bits per heavy atom. The molecule has 1 saturated heterocycles. The molecule has 2 aliphatic rings. The monoisotopic (exact) mass is 464 g/mol. The number of carbonyl (C=O) groups is 3. The van der Waals surface area contributed by atoms with Gasteiger partial charge in [0.25, 0.3) is 5.91 Å². The Balaban J connectivity index is 1.56. The van der Waals surface area contributed by atoms with Gasteiger partial charge in [0, 0.05) is 52.0 Å². The Hall–Kier alpha value is -3.23. The van der Waals surface area contributed by atoms with Crippen molar-refractivity contribution in [1.29, 1.82) is 0 Å². The van der Waals surface area contributed by atoms with E-state index in [1.807, 2.05) is 36.4 Å². The number of anilines is 1. The molecule has 0 aliphatic carbocycles. The van der Waals surface area contributed by atoms with Crippen molar-refractivity contribution in [1.82, 2.24) is 14.7 Å². The van der Waals surface area contributed by atoms with Crippen LogP contribution in [0.3, 0.4) is 0 Å². The molecule has 0 aromatic heterocycles. The van der Waals surface area contributed by atoms with Crippen LogP contribution in [0.1, 0.15) is 39.5 Å². The minimum atomic E-state index is -0.357. The number of rotatable bonds is 7. The van der Waals surface area contributed by atoms with E-state index < -0.39 is 0 Å². The normalized spacial score (nSPS) is 18.4. The van der Waals surface area contributed by atoms with Gasteiger partial charge in [-0.05, 0) is 41.3 Å². The summed E-state index contributed by atoms with van der Waals surface area (Å²) in [4.78, 5) is 43.0. The van der Waals surface area contributed by atoms with Crippen LogP contribution < -0.4 is 5.32 Å². The van der Waals surface area contributed by atoms with Crippen LogP contribution in [0.2, 0.25) is 0 Å². The molecule has 0 spiro atoms. The number of amides is 3. The maximum absolute atomic E-state index is 13.4. The molecule has 0 radical (unpaired) electrons. The summed E-state index contributed by atoms with van der Waals surface area (Å²) < 4.78 is 0.